The summed E-state index contributed by atoms with van der Waals surface area (Å²) in [5.41, 5.74) is 8.66. The summed E-state index contributed by atoms with van der Waals surface area (Å²) < 4.78 is 2.02. The molecule has 0 fully saturated rings. The molecule has 1 amide bonds. The van der Waals surface area contributed by atoms with Gasteiger partial charge in [0.15, 0.2) is 0 Å². The molecule has 0 unspecified atom stereocenters. The summed E-state index contributed by atoms with van der Waals surface area (Å²) in [6.07, 6.45) is 1.52. The molecule has 0 aliphatic carbocycles. The second-order valence-corrected chi connectivity index (χ2v) is 4.55. The first-order chi connectivity index (χ1) is 9.56. The van der Waals surface area contributed by atoms with Gasteiger partial charge in [0.25, 0.3) is 5.91 Å². The molecule has 2 heterocycles. The number of aryl methyl sites for hydroxylation is 2. The summed E-state index contributed by atoms with van der Waals surface area (Å²) in [4.78, 5) is 23.6. The summed E-state index contributed by atoms with van der Waals surface area (Å²) >= 11 is 0. The second kappa shape index (κ2) is 4.41. The van der Waals surface area contributed by atoms with Crippen molar-refractivity contribution >= 4 is 16.9 Å². The van der Waals surface area contributed by atoms with Gasteiger partial charge in [-0.3, -0.25) is 4.79 Å². The number of rotatable bonds is 2. The van der Waals surface area contributed by atoms with E-state index in [4.69, 9.17) is 5.73 Å². The van der Waals surface area contributed by atoms with Crippen LogP contribution in [-0.4, -0.2) is 25.4 Å². The lowest BCUT2D eigenvalue weighted by molar-refractivity contribution is 0.0990. The maximum atomic E-state index is 11.1. The lowest BCUT2D eigenvalue weighted by atomic mass is 10.1. The zero-order valence-electron chi connectivity index (χ0n) is 11.2. The fourth-order valence-electron chi connectivity index (χ4n) is 2.12. The van der Waals surface area contributed by atoms with Crippen molar-refractivity contribution in [2.45, 2.75) is 6.92 Å². The molecule has 20 heavy (non-hydrogen) atoms. The van der Waals surface area contributed by atoms with E-state index >= 15 is 0 Å². The van der Waals surface area contributed by atoms with Crippen LogP contribution in [0.1, 0.15) is 16.4 Å². The molecule has 6 heteroatoms. The van der Waals surface area contributed by atoms with E-state index in [-0.39, 0.29) is 5.82 Å². The van der Waals surface area contributed by atoms with Crippen LogP contribution in [0.4, 0.5) is 0 Å². The largest absolute Gasteiger partial charge is 0.363 e. The van der Waals surface area contributed by atoms with Crippen LogP contribution in [0.3, 0.4) is 0 Å². The third-order valence-electron chi connectivity index (χ3n) is 3.28. The van der Waals surface area contributed by atoms with Crippen LogP contribution < -0.4 is 5.73 Å². The highest BCUT2D eigenvalue weighted by Crippen LogP contribution is 2.22. The fourth-order valence-corrected chi connectivity index (χ4v) is 2.12. The van der Waals surface area contributed by atoms with Crippen LogP contribution in [0.15, 0.2) is 30.5 Å². The predicted molar refractivity (Wildman–Crippen MR) is 75.0 cm³/mol. The van der Waals surface area contributed by atoms with E-state index in [0.29, 0.717) is 5.69 Å². The van der Waals surface area contributed by atoms with Gasteiger partial charge in [-0.2, -0.15) is 0 Å². The first-order valence-electron chi connectivity index (χ1n) is 6.12. The molecule has 1 aromatic carbocycles. The Balaban J connectivity index is 2.14. The van der Waals surface area contributed by atoms with Gasteiger partial charge >= 0.3 is 0 Å². The van der Waals surface area contributed by atoms with Crippen molar-refractivity contribution in [3.8, 4) is 11.3 Å². The van der Waals surface area contributed by atoms with Crippen molar-refractivity contribution in [2.75, 3.05) is 0 Å². The zero-order valence-corrected chi connectivity index (χ0v) is 11.2. The Hall–Kier alpha value is -2.76. The maximum Gasteiger partial charge on any atom is 0.286 e. The molecule has 0 bridgehead atoms. The minimum Gasteiger partial charge on any atom is -0.363 e. The molecule has 0 saturated carbocycles. The van der Waals surface area contributed by atoms with Gasteiger partial charge in [0.1, 0.15) is 5.82 Å². The lowest BCUT2D eigenvalue weighted by Crippen LogP contribution is -2.15. The van der Waals surface area contributed by atoms with E-state index in [0.717, 1.165) is 22.4 Å². The van der Waals surface area contributed by atoms with E-state index in [1.165, 1.54) is 6.20 Å². The van der Waals surface area contributed by atoms with Crippen LogP contribution in [0.5, 0.6) is 0 Å². The molecule has 3 aromatic rings. The Morgan fingerprint density at radius 1 is 1.25 bits per heavy atom. The van der Waals surface area contributed by atoms with Gasteiger partial charge in [0.2, 0.25) is 5.82 Å². The highest BCUT2D eigenvalue weighted by molar-refractivity contribution is 5.89. The van der Waals surface area contributed by atoms with Gasteiger partial charge in [-0.25, -0.2) is 15.0 Å². The van der Waals surface area contributed by atoms with Crippen molar-refractivity contribution in [3.05, 3.63) is 42.1 Å². The number of fused-ring (bicyclic) bond motifs is 1. The maximum absolute atomic E-state index is 11.1. The number of carbonyl (C=O) groups excluding carboxylic acids is 1. The average Bonchev–Trinajstić information content (AvgIpc) is 2.74. The van der Waals surface area contributed by atoms with Crippen molar-refractivity contribution < 1.29 is 4.79 Å². The number of imidazole rings is 1. The third-order valence-corrected chi connectivity index (χ3v) is 3.28. The van der Waals surface area contributed by atoms with Crippen molar-refractivity contribution in [1.82, 2.24) is 19.5 Å². The lowest BCUT2D eigenvalue weighted by Gasteiger charge is -2.02. The van der Waals surface area contributed by atoms with Crippen LogP contribution in [0.25, 0.3) is 22.3 Å². The number of nitrogens with zero attached hydrogens (tertiary/aromatic N) is 4. The number of carbonyl (C=O) groups is 1. The van der Waals surface area contributed by atoms with Gasteiger partial charge in [-0.05, 0) is 25.1 Å². The van der Waals surface area contributed by atoms with Crippen molar-refractivity contribution in [3.63, 3.8) is 0 Å². The van der Waals surface area contributed by atoms with Crippen LogP contribution in [-0.2, 0) is 7.05 Å². The minimum absolute atomic E-state index is 0.0137. The van der Waals surface area contributed by atoms with E-state index in [1.807, 2.05) is 36.7 Å². The summed E-state index contributed by atoms with van der Waals surface area (Å²) in [5, 5.41) is 0. The molecule has 6 nitrogen and oxygen atoms in total. The molecule has 0 radical (unpaired) electrons. The number of amides is 1. The van der Waals surface area contributed by atoms with Gasteiger partial charge in [0.05, 0.1) is 16.7 Å². The van der Waals surface area contributed by atoms with Crippen LogP contribution >= 0.6 is 0 Å². The molecular weight excluding hydrogens is 254 g/mol. The van der Waals surface area contributed by atoms with E-state index in [9.17, 15) is 4.79 Å². The number of primary amides is 1. The van der Waals surface area contributed by atoms with Crippen molar-refractivity contribution in [2.24, 2.45) is 12.8 Å². The Kier molecular flexibility index (Phi) is 2.71. The summed E-state index contributed by atoms with van der Waals surface area (Å²) in [5.74, 6) is 0.319. The normalized spacial score (nSPS) is 10.9. The van der Waals surface area contributed by atoms with Crippen molar-refractivity contribution in [1.29, 1.82) is 0 Å². The van der Waals surface area contributed by atoms with Gasteiger partial charge in [0, 0.05) is 18.8 Å². The standard InChI is InChI=1S/C14H13N5O/c1-8-17-11-7-9(3-4-12(11)19(8)2)10-5-6-16-14(18-10)13(15)20/h3-7H,1-2H3,(H2,15,20). The highest BCUT2D eigenvalue weighted by Gasteiger charge is 2.09. The summed E-state index contributed by atoms with van der Waals surface area (Å²) in [6.45, 7) is 1.95. The molecule has 2 N–H and O–H groups in total. The molecule has 3 rings (SSSR count). The highest BCUT2D eigenvalue weighted by atomic mass is 16.1. The molecule has 0 aliphatic heterocycles. The number of hydrogen-bond acceptors (Lipinski definition) is 4. The summed E-state index contributed by atoms with van der Waals surface area (Å²) in [6, 6.07) is 7.60. The Bertz CT molecular complexity index is 822. The zero-order chi connectivity index (χ0) is 14.3. The SMILES string of the molecule is Cc1nc2cc(-c3ccnc(C(N)=O)n3)ccc2n1C. The molecule has 0 spiro atoms. The van der Waals surface area contributed by atoms with Gasteiger partial charge in [-0.1, -0.05) is 6.07 Å². The number of aromatic nitrogens is 4. The van der Waals surface area contributed by atoms with E-state index in [1.54, 1.807) is 6.07 Å². The molecule has 2 aromatic heterocycles. The molecule has 0 saturated heterocycles. The van der Waals surface area contributed by atoms with Crippen LogP contribution in [0, 0.1) is 6.92 Å². The molecular formula is C14H13N5O. The number of benzene rings is 1. The first kappa shape index (κ1) is 12.3. The predicted octanol–water partition coefficient (Wildman–Crippen LogP) is 1.44. The second-order valence-electron chi connectivity index (χ2n) is 4.55. The number of nitrogens with two attached hydrogens (primary N) is 1. The summed E-state index contributed by atoms with van der Waals surface area (Å²) in [7, 11) is 1.97. The monoisotopic (exact) mass is 267 g/mol. The minimum atomic E-state index is -0.637. The van der Waals surface area contributed by atoms with E-state index < -0.39 is 5.91 Å². The Morgan fingerprint density at radius 2 is 2.05 bits per heavy atom. The average molecular weight is 267 g/mol. The van der Waals surface area contributed by atoms with Gasteiger partial charge < -0.3 is 10.3 Å². The molecule has 0 atom stereocenters. The Morgan fingerprint density at radius 3 is 2.80 bits per heavy atom. The molecule has 100 valence electrons. The topological polar surface area (TPSA) is 86.7 Å². The number of hydrogen-bond donors (Lipinski definition) is 1. The fraction of sp³-hybridized carbons (Fsp3) is 0.143. The smallest absolute Gasteiger partial charge is 0.286 e. The van der Waals surface area contributed by atoms with Gasteiger partial charge in [-0.15, -0.1) is 0 Å². The quantitative estimate of drug-likeness (QED) is 0.761. The van der Waals surface area contributed by atoms with E-state index in [2.05, 4.69) is 15.0 Å². The molecule has 0 aliphatic rings. The van der Waals surface area contributed by atoms with Crippen LogP contribution in [0.2, 0.25) is 0 Å². The Labute approximate surface area is 115 Å². The first-order valence-corrected chi connectivity index (χ1v) is 6.12. The third kappa shape index (κ3) is 1.91.